The first-order valence-electron chi connectivity index (χ1n) is 4.95. The van der Waals surface area contributed by atoms with E-state index in [1.54, 1.807) is 11.8 Å². The van der Waals surface area contributed by atoms with Crippen LogP contribution in [0.3, 0.4) is 0 Å². The van der Waals surface area contributed by atoms with Crippen molar-refractivity contribution in [1.82, 2.24) is 10.2 Å². The average molecular weight is 299 g/mol. The van der Waals surface area contributed by atoms with Crippen LogP contribution in [0.5, 0.6) is 0 Å². The Hall–Kier alpha value is -0.810. The monoisotopic (exact) mass is 298 g/mol. The largest absolute Gasteiger partial charge is 0.420 e. The molecule has 1 aromatic carbocycles. The summed E-state index contributed by atoms with van der Waals surface area (Å²) in [6.45, 7) is 2.11. The molecule has 2 aromatic rings. The molecule has 0 atom stereocenters. The van der Waals surface area contributed by atoms with E-state index in [1.807, 2.05) is 24.3 Å². The van der Waals surface area contributed by atoms with Crippen molar-refractivity contribution < 1.29 is 4.42 Å². The lowest BCUT2D eigenvalue weighted by molar-refractivity contribution is 0.528. The summed E-state index contributed by atoms with van der Waals surface area (Å²) < 4.78 is 6.57. The molecule has 0 amide bonds. The van der Waals surface area contributed by atoms with Crippen molar-refractivity contribution in [2.24, 2.45) is 0 Å². The Morgan fingerprint density at radius 1 is 1.38 bits per heavy atom. The van der Waals surface area contributed by atoms with Crippen molar-refractivity contribution in [2.75, 3.05) is 5.75 Å². The van der Waals surface area contributed by atoms with Gasteiger partial charge >= 0.3 is 0 Å². The normalized spacial score (nSPS) is 10.6. The number of rotatable bonds is 4. The van der Waals surface area contributed by atoms with E-state index >= 15 is 0 Å². The van der Waals surface area contributed by atoms with E-state index in [9.17, 15) is 0 Å². The molecule has 2 rings (SSSR count). The zero-order valence-corrected chi connectivity index (χ0v) is 11.2. The molecule has 0 fully saturated rings. The van der Waals surface area contributed by atoms with Crippen molar-refractivity contribution in [3.63, 3.8) is 0 Å². The van der Waals surface area contributed by atoms with E-state index in [-0.39, 0.29) is 0 Å². The van der Waals surface area contributed by atoms with E-state index in [2.05, 4.69) is 33.1 Å². The van der Waals surface area contributed by atoms with Crippen LogP contribution in [0.1, 0.15) is 12.8 Å². The molecule has 0 aliphatic heterocycles. The summed E-state index contributed by atoms with van der Waals surface area (Å²) in [4.78, 5) is 0. The van der Waals surface area contributed by atoms with Crippen LogP contribution >= 0.6 is 27.7 Å². The van der Waals surface area contributed by atoms with Gasteiger partial charge in [0.25, 0.3) is 0 Å². The number of hydrogen-bond acceptors (Lipinski definition) is 4. The Morgan fingerprint density at radius 3 is 3.00 bits per heavy atom. The number of nitrogens with zero attached hydrogens (tertiary/aromatic N) is 2. The highest BCUT2D eigenvalue weighted by Crippen LogP contribution is 2.22. The predicted octanol–water partition coefficient (Wildman–Crippen LogP) is 3.75. The molecule has 16 heavy (non-hydrogen) atoms. The van der Waals surface area contributed by atoms with Crippen LogP contribution in [0.15, 0.2) is 33.2 Å². The third kappa shape index (κ3) is 2.86. The maximum Gasteiger partial charge on any atom is 0.247 e. The minimum absolute atomic E-state index is 0.577. The summed E-state index contributed by atoms with van der Waals surface area (Å²) in [6.07, 6.45) is 0. The number of thioether (sulfide) groups is 1. The summed E-state index contributed by atoms with van der Waals surface area (Å²) in [5.74, 6) is 3.08. The van der Waals surface area contributed by atoms with Crippen LogP contribution < -0.4 is 0 Å². The quantitative estimate of drug-likeness (QED) is 0.862. The van der Waals surface area contributed by atoms with Crippen LogP contribution in [-0.2, 0) is 5.75 Å². The standard InChI is InChI=1S/C11H11BrN2OS/c1-2-16-7-10-13-14-11(15-10)8-4-3-5-9(12)6-8/h3-6H,2,7H2,1H3. The second-order valence-corrected chi connectivity index (χ2v) is 5.34. The Kier molecular flexibility index (Phi) is 4.01. The topological polar surface area (TPSA) is 38.9 Å². The molecule has 3 nitrogen and oxygen atoms in total. The second kappa shape index (κ2) is 5.50. The van der Waals surface area contributed by atoms with Crippen molar-refractivity contribution in [3.8, 4) is 11.5 Å². The third-order valence-corrected chi connectivity index (χ3v) is 3.32. The Bertz CT molecular complexity index is 473. The first kappa shape index (κ1) is 11.7. The molecule has 0 N–H and O–H groups in total. The highest BCUT2D eigenvalue weighted by atomic mass is 79.9. The molecule has 0 aliphatic carbocycles. The molecule has 0 spiro atoms. The van der Waals surface area contributed by atoms with Crippen LogP contribution in [0.4, 0.5) is 0 Å². The minimum Gasteiger partial charge on any atom is -0.420 e. The third-order valence-electron chi connectivity index (χ3n) is 1.97. The summed E-state index contributed by atoms with van der Waals surface area (Å²) >= 11 is 5.18. The Morgan fingerprint density at radius 2 is 2.25 bits per heavy atom. The maximum absolute atomic E-state index is 5.56. The van der Waals surface area contributed by atoms with Gasteiger partial charge in [0.2, 0.25) is 11.8 Å². The van der Waals surface area contributed by atoms with E-state index in [0.717, 1.165) is 21.5 Å². The number of aromatic nitrogens is 2. The fourth-order valence-corrected chi connectivity index (χ4v) is 2.13. The Balaban J connectivity index is 2.18. The van der Waals surface area contributed by atoms with Gasteiger partial charge in [-0.1, -0.05) is 28.9 Å². The lowest BCUT2D eigenvalue weighted by Crippen LogP contribution is -1.79. The van der Waals surface area contributed by atoms with E-state index in [1.165, 1.54) is 0 Å². The lowest BCUT2D eigenvalue weighted by atomic mass is 10.2. The van der Waals surface area contributed by atoms with Crippen molar-refractivity contribution in [3.05, 3.63) is 34.6 Å². The van der Waals surface area contributed by atoms with Gasteiger partial charge in [-0.3, -0.25) is 0 Å². The average Bonchev–Trinajstić information content (AvgIpc) is 2.75. The van der Waals surface area contributed by atoms with Crippen LogP contribution in [0.2, 0.25) is 0 Å². The van der Waals surface area contributed by atoms with Gasteiger partial charge in [-0.05, 0) is 24.0 Å². The second-order valence-electron chi connectivity index (χ2n) is 3.15. The maximum atomic E-state index is 5.56. The zero-order valence-electron chi connectivity index (χ0n) is 8.81. The first-order chi connectivity index (χ1) is 7.79. The molecule has 0 bridgehead atoms. The number of benzene rings is 1. The highest BCUT2D eigenvalue weighted by Gasteiger charge is 2.08. The predicted molar refractivity (Wildman–Crippen MR) is 69.3 cm³/mol. The van der Waals surface area contributed by atoms with Crippen molar-refractivity contribution in [2.45, 2.75) is 12.7 Å². The van der Waals surface area contributed by atoms with E-state index < -0.39 is 0 Å². The molecule has 0 saturated carbocycles. The molecule has 84 valence electrons. The Labute approximate surface area is 107 Å². The smallest absolute Gasteiger partial charge is 0.247 e. The van der Waals surface area contributed by atoms with Gasteiger partial charge in [0.15, 0.2) is 0 Å². The van der Waals surface area contributed by atoms with E-state index in [0.29, 0.717) is 11.8 Å². The van der Waals surface area contributed by atoms with Crippen LogP contribution in [0, 0.1) is 0 Å². The summed E-state index contributed by atoms with van der Waals surface area (Å²) in [7, 11) is 0. The molecule has 0 radical (unpaired) electrons. The molecule has 0 saturated heterocycles. The SMILES string of the molecule is CCSCc1nnc(-c2cccc(Br)c2)o1. The van der Waals surface area contributed by atoms with Gasteiger partial charge in [0, 0.05) is 10.0 Å². The van der Waals surface area contributed by atoms with Crippen molar-refractivity contribution >= 4 is 27.7 Å². The summed E-state index contributed by atoms with van der Waals surface area (Å²) in [6, 6.07) is 7.83. The molecule has 1 aromatic heterocycles. The zero-order chi connectivity index (χ0) is 11.4. The molecule has 0 unspecified atom stereocenters. The summed E-state index contributed by atoms with van der Waals surface area (Å²) in [5, 5.41) is 8.04. The molecule has 5 heteroatoms. The van der Waals surface area contributed by atoms with Gasteiger partial charge in [-0.15, -0.1) is 10.2 Å². The van der Waals surface area contributed by atoms with Crippen LogP contribution in [-0.4, -0.2) is 16.0 Å². The molecule has 0 aliphatic rings. The number of halogens is 1. The lowest BCUT2D eigenvalue weighted by Gasteiger charge is -1.95. The highest BCUT2D eigenvalue weighted by molar-refractivity contribution is 9.10. The van der Waals surface area contributed by atoms with Gasteiger partial charge in [0.1, 0.15) is 0 Å². The fraction of sp³-hybridized carbons (Fsp3) is 0.273. The van der Waals surface area contributed by atoms with Gasteiger partial charge < -0.3 is 4.42 Å². The van der Waals surface area contributed by atoms with Gasteiger partial charge in [0.05, 0.1) is 5.75 Å². The molecular weight excluding hydrogens is 288 g/mol. The molecule has 1 heterocycles. The minimum atomic E-state index is 0.577. The van der Waals surface area contributed by atoms with Gasteiger partial charge in [-0.25, -0.2) is 0 Å². The van der Waals surface area contributed by atoms with E-state index in [4.69, 9.17) is 4.42 Å². The van der Waals surface area contributed by atoms with Gasteiger partial charge in [-0.2, -0.15) is 11.8 Å². The molecular formula is C11H11BrN2OS. The first-order valence-corrected chi connectivity index (χ1v) is 6.90. The fourth-order valence-electron chi connectivity index (χ4n) is 1.24. The summed E-state index contributed by atoms with van der Waals surface area (Å²) in [5.41, 5.74) is 0.939. The van der Waals surface area contributed by atoms with Crippen LogP contribution in [0.25, 0.3) is 11.5 Å². The van der Waals surface area contributed by atoms with Crippen molar-refractivity contribution in [1.29, 1.82) is 0 Å². The number of hydrogen-bond donors (Lipinski definition) is 0.